The summed E-state index contributed by atoms with van der Waals surface area (Å²) >= 11 is 3.32. The second-order valence-corrected chi connectivity index (χ2v) is 2.83. The van der Waals surface area contributed by atoms with Crippen LogP contribution in [0.25, 0.3) is 0 Å². The van der Waals surface area contributed by atoms with E-state index in [-0.39, 0.29) is 5.91 Å². The van der Waals surface area contributed by atoms with Crippen molar-refractivity contribution in [3.8, 4) is 0 Å². The highest BCUT2D eigenvalue weighted by Crippen LogP contribution is 1.95. The first-order valence-electron chi connectivity index (χ1n) is 3.59. The van der Waals surface area contributed by atoms with E-state index in [0.717, 1.165) is 11.8 Å². The molecule has 0 aliphatic heterocycles. The van der Waals surface area contributed by atoms with Crippen LogP contribution in [-0.2, 0) is 4.79 Å². The predicted octanol–water partition coefficient (Wildman–Crippen LogP) is 1.69. The molecular formula is C7H14BrNO. The fourth-order valence-electron chi connectivity index (χ4n) is 0.579. The molecule has 0 saturated carbocycles. The van der Waals surface area contributed by atoms with Crippen LogP contribution in [0, 0.1) is 0 Å². The molecule has 3 heteroatoms. The normalized spacial score (nSPS) is 12.7. The van der Waals surface area contributed by atoms with Crippen molar-refractivity contribution in [1.82, 2.24) is 5.32 Å². The summed E-state index contributed by atoms with van der Waals surface area (Å²) in [6.45, 7) is 3.91. The Hall–Kier alpha value is -0.0500. The zero-order valence-electron chi connectivity index (χ0n) is 6.48. The third-order valence-electron chi connectivity index (χ3n) is 1.37. The van der Waals surface area contributed by atoms with Gasteiger partial charge in [0.05, 0.1) is 0 Å². The first-order chi connectivity index (χ1) is 4.74. The standard InChI is InChI=1S/C7H14BrNO/c1-3-6(5-8)9-7(10)4-2/h6H,3-5H2,1-2H3,(H,9,10). The summed E-state index contributed by atoms with van der Waals surface area (Å²) in [5, 5.41) is 3.72. The highest BCUT2D eigenvalue weighted by molar-refractivity contribution is 9.09. The minimum Gasteiger partial charge on any atom is -0.353 e. The van der Waals surface area contributed by atoms with Gasteiger partial charge in [-0.2, -0.15) is 0 Å². The summed E-state index contributed by atoms with van der Waals surface area (Å²) in [5.74, 6) is 0.131. The van der Waals surface area contributed by atoms with Crippen LogP contribution in [0.2, 0.25) is 0 Å². The fourth-order valence-corrected chi connectivity index (χ4v) is 1.20. The van der Waals surface area contributed by atoms with Gasteiger partial charge in [0, 0.05) is 17.8 Å². The van der Waals surface area contributed by atoms with Crippen molar-refractivity contribution in [2.45, 2.75) is 32.7 Å². The maximum absolute atomic E-state index is 10.8. The van der Waals surface area contributed by atoms with E-state index >= 15 is 0 Å². The lowest BCUT2D eigenvalue weighted by molar-refractivity contribution is -0.121. The van der Waals surface area contributed by atoms with E-state index < -0.39 is 0 Å². The van der Waals surface area contributed by atoms with Gasteiger partial charge in [0.1, 0.15) is 0 Å². The second kappa shape index (κ2) is 5.71. The Morgan fingerprint density at radius 1 is 1.60 bits per heavy atom. The van der Waals surface area contributed by atoms with Gasteiger partial charge < -0.3 is 5.32 Å². The molecule has 0 aliphatic rings. The SMILES string of the molecule is CCC(=O)NC(CC)CBr. The number of halogens is 1. The van der Waals surface area contributed by atoms with Gasteiger partial charge in [-0.05, 0) is 6.42 Å². The quantitative estimate of drug-likeness (QED) is 0.699. The van der Waals surface area contributed by atoms with Gasteiger partial charge in [-0.25, -0.2) is 0 Å². The lowest BCUT2D eigenvalue weighted by Crippen LogP contribution is -2.34. The number of hydrogen-bond donors (Lipinski definition) is 1. The Kier molecular flexibility index (Phi) is 5.69. The Morgan fingerprint density at radius 2 is 2.20 bits per heavy atom. The number of rotatable bonds is 4. The van der Waals surface area contributed by atoms with Gasteiger partial charge in [-0.1, -0.05) is 29.8 Å². The van der Waals surface area contributed by atoms with Gasteiger partial charge in [0.2, 0.25) is 5.91 Å². The molecule has 0 aromatic rings. The number of nitrogens with one attached hydrogen (secondary N) is 1. The Labute approximate surface area is 70.5 Å². The van der Waals surface area contributed by atoms with E-state index in [1.54, 1.807) is 0 Å². The number of carbonyl (C=O) groups is 1. The van der Waals surface area contributed by atoms with Crippen LogP contribution in [0.3, 0.4) is 0 Å². The number of hydrogen-bond acceptors (Lipinski definition) is 1. The Balaban J connectivity index is 3.52. The molecule has 0 fully saturated rings. The largest absolute Gasteiger partial charge is 0.353 e. The number of amides is 1. The molecule has 0 aromatic heterocycles. The third kappa shape index (κ3) is 3.88. The molecule has 0 aromatic carbocycles. The van der Waals surface area contributed by atoms with Crippen LogP contribution in [0.1, 0.15) is 26.7 Å². The zero-order chi connectivity index (χ0) is 7.98. The van der Waals surface area contributed by atoms with Crippen molar-refractivity contribution >= 4 is 21.8 Å². The fraction of sp³-hybridized carbons (Fsp3) is 0.857. The van der Waals surface area contributed by atoms with Crippen molar-refractivity contribution in [3.63, 3.8) is 0 Å². The van der Waals surface area contributed by atoms with Crippen LogP contribution >= 0.6 is 15.9 Å². The zero-order valence-corrected chi connectivity index (χ0v) is 8.07. The molecule has 1 unspecified atom stereocenters. The van der Waals surface area contributed by atoms with Crippen molar-refractivity contribution in [2.24, 2.45) is 0 Å². The predicted molar refractivity (Wildman–Crippen MR) is 46.3 cm³/mol. The van der Waals surface area contributed by atoms with E-state index in [4.69, 9.17) is 0 Å². The van der Waals surface area contributed by atoms with Gasteiger partial charge >= 0.3 is 0 Å². The minimum atomic E-state index is 0.131. The number of alkyl halides is 1. The van der Waals surface area contributed by atoms with E-state index in [9.17, 15) is 4.79 Å². The molecule has 0 rings (SSSR count). The lowest BCUT2D eigenvalue weighted by atomic mass is 10.2. The number of carbonyl (C=O) groups excluding carboxylic acids is 1. The summed E-state index contributed by atoms with van der Waals surface area (Å²) in [7, 11) is 0. The van der Waals surface area contributed by atoms with Crippen LogP contribution in [0.4, 0.5) is 0 Å². The maximum atomic E-state index is 10.8. The van der Waals surface area contributed by atoms with Crippen molar-refractivity contribution in [3.05, 3.63) is 0 Å². The summed E-state index contributed by atoms with van der Waals surface area (Å²) in [6, 6.07) is 0.299. The molecule has 0 saturated heterocycles. The average Bonchev–Trinajstić information content (AvgIpc) is 1.99. The third-order valence-corrected chi connectivity index (χ3v) is 2.15. The highest BCUT2D eigenvalue weighted by atomic mass is 79.9. The topological polar surface area (TPSA) is 29.1 Å². The molecule has 1 atom stereocenters. The molecule has 0 bridgehead atoms. The van der Waals surface area contributed by atoms with Crippen molar-refractivity contribution in [1.29, 1.82) is 0 Å². The van der Waals surface area contributed by atoms with Gasteiger partial charge in [-0.3, -0.25) is 4.79 Å². The molecule has 1 N–H and O–H groups in total. The molecule has 0 heterocycles. The van der Waals surface area contributed by atoms with E-state index in [2.05, 4.69) is 28.2 Å². The van der Waals surface area contributed by atoms with Gasteiger partial charge in [-0.15, -0.1) is 0 Å². The van der Waals surface area contributed by atoms with E-state index in [1.807, 2.05) is 6.92 Å². The molecular weight excluding hydrogens is 194 g/mol. The molecule has 0 aliphatic carbocycles. The monoisotopic (exact) mass is 207 g/mol. The molecule has 1 amide bonds. The van der Waals surface area contributed by atoms with Gasteiger partial charge in [0.15, 0.2) is 0 Å². The molecule has 0 spiro atoms. The summed E-state index contributed by atoms with van der Waals surface area (Å²) in [5.41, 5.74) is 0. The lowest BCUT2D eigenvalue weighted by Gasteiger charge is -2.12. The van der Waals surface area contributed by atoms with E-state index in [0.29, 0.717) is 12.5 Å². The first-order valence-corrected chi connectivity index (χ1v) is 4.72. The second-order valence-electron chi connectivity index (χ2n) is 2.18. The van der Waals surface area contributed by atoms with Gasteiger partial charge in [0.25, 0.3) is 0 Å². The molecule has 60 valence electrons. The van der Waals surface area contributed by atoms with Crippen LogP contribution in [0.5, 0.6) is 0 Å². The van der Waals surface area contributed by atoms with Crippen LogP contribution in [0.15, 0.2) is 0 Å². The Morgan fingerprint density at radius 3 is 2.50 bits per heavy atom. The molecule has 10 heavy (non-hydrogen) atoms. The minimum absolute atomic E-state index is 0.131. The van der Waals surface area contributed by atoms with Crippen LogP contribution < -0.4 is 5.32 Å². The molecule has 0 radical (unpaired) electrons. The maximum Gasteiger partial charge on any atom is 0.219 e. The average molecular weight is 208 g/mol. The Bertz CT molecular complexity index is 102. The van der Waals surface area contributed by atoms with Crippen molar-refractivity contribution < 1.29 is 4.79 Å². The summed E-state index contributed by atoms with van der Waals surface area (Å²) in [6.07, 6.45) is 1.56. The summed E-state index contributed by atoms with van der Waals surface area (Å²) < 4.78 is 0. The summed E-state index contributed by atoms with van der Waals surface area (Å²) in [4.78, 5) is 10.8. The van der Waals surface area contributed by atoms with E-state index in [1.165, 1.54) is 0 Å². The smallest absolute Gasteiger partial charge is 0.219 e. The first kappa shape index (κ1) is 9.95. The highest BCUT2D eigenvalue weighted by Gasteiger charge is 2.05. The van der Waals surface area contributed by atoms with Crippen LogP contribution in [-0.4, -0.2) is 17.3 Å². The molecule has 2 nitrogen and oxygen atoms in total. The van der Waals surface area contributed by atoms with Crippen molar-refractivity contribution in [2.75, 3.05) is 5.33 Å².